The number of amides is 3. The fourth-order valence-corrected chi connectivity index (χ4v) is 3.39. The van der Waals surface area contributed by atoms with Crippen LogP contribution in [0.1, 0.15) is 24.8 Å². The number of piperazine rings is 1. The first-order chi connectivity index (χ1) is 11.6. The number of nitrogens with one attached hydrogen (secondary N) is 2. The Labute approximate surface area is 143 Å². The molecule has 0 bridgehead atoms. The van der Waals surface area contributed by atoms with Crippen molar-refractivity contribution in [3.05, 3.63) is 29.8 Å². The van der Waals surface area contributed by atoms with Crippen molar-refractivity contribution < 1.29 is 9.59 Å². The highest BCUT2D eigenvalue weighted by Gasteiger charge is 2.27. The monoisotopic (exact) mass is 330 g/mol. The van der Waals surface area contributed by atoms with Crippen molar-refractivity contribution in [2.75, 3.05) is 37.6 Å². The second kappa shape index (κ2) is 7.55. The number of para-hydroxylation sites is 1. The molecule has 1 atom stereocenters. The van der Waals surface area contributed by atoms with E-state index in [4.69, 9.17) is 0 Å². The number of anilines is 1. The van der Waals surface area contributed by atoms with E-state index >= 15 is 0 Å². The number of carbonyl (C=O) groups is 2. The van der Waals surface area contributed by atoms with Crippen LogP contribution in [0.15, 0.2) is 24.3 Å². The lowest BCUT2D eigenvalue weighted by Crippen LogP contribution is -2.55. The molecule has 2 saturated heterocycles. The van der Waals surface area contributed by atoms with Gasteiger partial charge in [0.2, 0.25) is 5.91 Å². The van der Waals surface area contributed by atoms with Crippen LogP contribution in [0.25, 0.3) is 0 Å². The number of benzene rings is 1. The minimum atomic E-state index is -0.394. The van der Waals surface area contributed by atoms with Gasteiger partial charge in [-0.1, -0.05) is 18.2 Å². The first kappa shape index (κ1) is 16.6. The molecule has 2 aliphatic heterocycles. The number of carbonyl (C=O) groups excluding carboxylic acids is 2. The van der Waals surface area contributed by atoms with Gasteiger partial charge in [0.1, 0.15) is 6.04 Å². The van der Waals surface area contributed by atoms with Gasteiger partial charge in [-0.25, -0.2) is 4.79 Å². The van der Waals surface area contributed by atoms with Crippen LogP contribution < -0.4 is 15.5 Å². The summed E-state index contributed by atoms with van der Waals surface area (Å²) in [5, 5.41) is 5.76. The van der Waals surface area contributed by atoms with Crippen molar-refractivity contribution in [3.8, 4) is 0 Å². The Morgan fingerprint density at radius 2 is 1.92 bits per heavy atom. The van der Waals surface area contributed by atoms with Gasteiger partial charge in [-0.2, -0.15) is 0 Å². The maximum absolute atomic E-state index is 12.5. The third kappa shape index (κ3) is 3.80. The molecule has 6 heteroatoms. The molecule has 130 valence electrons. The summed E-state index contributed by atoms with van der Waals surface area (Å²) in [6.45, 7) is 5.80. The Morgan fingerprint density at radius 3 is 2.67 bits per heavy atom. The van der Waals surface area contributed by atoms with Crippen molar-refractivity contribution in [3.63, 3.8) is 0 Å². The van der Waals surface area contributed by atoms with Crippen molar-refractivity contribution in [1.82, 2.24) is 15.5 Å². The molecule has 2 N–H and O–H groups in total. The van der Waals surface area contributed by atoms with Crippen LogP contribution in [0.4, 0.5) is 10.5 Å². The van der Waals surface area contributed by atoms with E-state index in [0.29, 0.717) is 19.6 Å². The lowest BCUT2D eigenvalue weighted by atomic mass is 10.1. The zero-order valence-corrected chi connectivity index (χ0v) is 14.3. The molecular formula is C18H26N4O2. The molecule has 24 heavy (non-hydrogen) atoms. The van der Waals surface area contributed by atoms with Gasteiger partial charge in [0.25, 0.3) is 0 Å². The third-order valence-electron chi connectivity index (χ3n) is 4.86. The molecule has 0 saturated carbocycles. The summed E-state index contributed by atoms with van der Waals surface area (Å²) in [5.41, 5.74) is 2.49. The summed E-state index contributed by atoms with van der Waals surface area (Å²) in [6.07, 6.45) is 2.67. The van der Waals surface area contributed by atoms with Gasteiger partial charge in [0, 0.05) is 38.4 Å². The van der Waals surface area contributed by atoms with E-state index in [2.05, 4.69) is 34.6 Å². The van der Waals surface area contributed by atoms with Crippen LogP contribution in [0.5, 0.6) is 0 Å². The van der Waals surface area contributed by atoms with E-state index in [1.165, 1.54) is 11.3 Å². The lowest BCUT2D eigenvalue weighted by molar-refractivity contribution is -0.122. The molecule has 2 fully saturated rings. The Morgan fingerprint density at radius 1 is 1.17 bits per heavy atom. The summed E-state index contributed by atoms with van der Waals surface area (Å²) >= 11 is 0. The molecule has 0 radical (unpaired) electrons. The van der Waals surface area contributed by atoms with E-state index < -0.39 is 6.04 Å². The normalized spacial score (nSPS) is 21.9. The average Bonchev–Trinajstić information content (AvgIpc) is 2.80. The smallest absolute Gasteiger partial charge is 0.318 e. The number of rotatable bonds is 2. The summed E-state index contributed by atoms with van der Waals surface area (Å²) in [5.74, 6) is -0.0561. The Bertz CT molecular complexity index is 596. The summed E-state index contributed by atoms with van der Waals surface area (Å²) in [6, 6.07) is 7.81. The molecule has 2 aliphatic rings. The lowest BCUT2D eigenvalue weighted by Gasteiger charge is -2.37. The summed E-state index contributed by atoms with van der Waals surface area (Å²) in [4.78, 5) is 28.5. The van der Waals surface area contributed by atoms with Gasteiger partial charge in [-0.05, 0) is 37.8 Å². The number of nitrogens with zero attached hydrogens (tertiary/aromatic N) is 2. The summed E-state index contributed by atoms with van der Waals surface area (Å²) in [7, 11) is 0. The highest BCUT2D eigenvalue weighted by atomic mass is 16.2. The minimum Gasteiger partial charge on any atom is -0.368 e. The van der Waals surface area contributed by atoms with Crippen LogP contribution in [-0.2, 0) is 4.79 Å². The quantitative estimate of drug-likeness (QED) is 0.864. The maximum Gasteiger partial charge on any atom is 0.318 e. The van der Waals surface area contributed by atoms with Crippen LogP contribution in [0.3, 0.4) is 0 Å². The zero-order valence-electron chi connectivity index (χ0n) is 14.3. The summed E-state index contributed by atoms with van der Waals surface area (Å²) < 4.78 is 0. The van der Waals surface area contributed by atoms with Crippen molar-refractivity contribution >= 4 is 17.6 Å². The van der Waals surface area contributed by atoms with Crippen LogP contribution in [-0.4, -0.2) is 55.6 Å². The largest absolute Gasteiger partial charge is 0.368 e. The van der Waals surface area contributed by atoms with Gasteiger partial charge in [0.15, 0.2) is 0 Å². The average molecular weight is 330 g/mol. The Hall–Kier alpha value is -2.24. The van der Waals surface area contributed by atoms with E-state index in [1.54, 1.807) is 0 Å². The number of aryl methyl sites for hydroxylation is 1. The first-order valence-electron chi connectivity index (χ1n) is 8.79. The van der Waals surface area contributed by atoms with Crippen LogP contribution in [0, 0.1) is 6.92 Å². The highest BCUT2D eigenvalue weighted by molar-refractivity contribution is 5.87. The predicted octanol–water partition coefficient (Wildman–Crippen LogP) is 1.50. The topological polar surface area (TPSA) is 64.7 Å². The highest BCUT2D eigenvalue weighted by Crippen LogP contribution is 2.20. The minimum absolute atomic E-state index is 0.0561. The van der Waals surface area contributed by atoms with E-state index in [0.717, 1.165) is 32.4 Å². The Balaban J connectivity index is 1.53. The van der Waals surface area contributed by atoms with Gasteiger partial charge in [-0.15, -0.1) is 0 Å². The Kier molecular flexibility index (Phi) is 5.23. The SMILES string of the molecule is Cc1ccccc1N1CCN(C(=O)NC2CCCCNC2=O)CC1. The number of hydrogen-bond acceptors (Lipinski definition) is 3. The third-order valence-corrected chi connectivity index (χ3v) is 4.86. The molecule has 3 amide bonds. The predicted molar refractivity (Wildman–Crippen MR) is 94.1 cm³/mol. The molecule has 0 aromatic heterocycles. The molecule has 1 aromatic carbocycles. The molecule has 0 spiro atoms. The zero-order chi connectivity index (χ0) is 16.9. The number of hydrogen-bond donors (Lipinski definition) is 2. The first-order valence-corrected chi connectivity index (χ1v) is 8.79. The van der Waals surface area contributed by atoms with Crippen LogP contribution in [0.2, 0.25) is 0 Å². The van der Waals surface area contributed by atoms with Gasteiger partial charge in [0.05, 0.1) is 0 Å². The second-order valence-corrected chi connectivity index (χ2v) is 6.55. The molecule has 6 nitrogen and oxygen atoms in total. The fraction of sp³-hybridized carbons (Fsp3) is 0.556. The van der Waals surface area contributed by atoms with Gasteiger partial charge in [-0.3, -0.25) is 4.79 Å². The molecule has 3 rings (SSSR count). The molecular weight excluding hydrogens is 304 g/mol. The molecule has 1 unspecified atom stereocenters. The van der Waals surface area contributed by atoms with Gasteiger partial charge >= 0.3 is 6.03 Å². The molecule has 1 aromatic rings. The number of urea groups is 1. The van der Waals surface area contributed by atoms with E-state index in [9.17, 15) is 9.59 Å². The van der Waals surface area contributed by atoms with Crippen molar-refractivity contribution in [2.24, 2.45) is 0 Å². The molecule has 0 aliphatic carbocycles. The van der Waals surface area contributed by atoms with Gasteiger partial charge < -0.3 is 20.4 Å². The maximum atomic E-state index is 12.5. The second-order valence-electron chi connectivity index (χ2n) is 6.55. The molecule has 2 heterocycles. The van der Waals surface area contributed by atoms with Crippen LogP contribution >= 0.6 is 0 Å². The fourth-order valence-electron chi connectivity index (χ4n) is 3.39. The van der Waals surface area contributed by atoms with Crippen molar-refractivity contribution in [2.45, 2.75) is 32.2 Å². The standard InChI is InChI=1S/C18H26N4O2/c1-14-6-2-3-8-16(14)21-10-12-22(13-11-21)18(24)20-15-7-4-5-9-19-17(15)23/h2-3,6,8,15H,4-5,7,9-13H2,1H3,(H,19,23)(H,20,24). The van der Waals surface area contributed by atoms with E-state index in [1.807, 2.05) is 17.0 Å². The van der Waals surface area contributed by atoms with Crippen molar-refractivity contribution in [1.29, 1.82) is 0 Å². The van der Waals surface area contributed by atoms with E-state index in [-0.39, 0.29) is 11.9 Å².